The molecule has 3 nitrogen and oxygen atoms in total. The van der Waals surface area contributed by atoms with Crippen LogP contribution in [0.2, 0.25) is 5.02 Å². The average molecular weight is 270 g/mol. The maximum atomic E-state index is 11.5. The summed E-state index contributed by atoms with van der Waals surface area (Å²) in [6.07, 6.45) is 1.34. The molecule has 0 saturated heterocycles. The second-order valence-corrected chi connectivity index (χ2v) is 5.07. The van der Waals surface area contributed by atoms with Crippen molar-refractivity contribution in [1.29, 1.82) is 0 Å². The van der Waals surface area contributed by atoms with E-state index in [1.807, 2.05) is 32.0 Å². The van der Waals surface area contributed by atoms with E-state index in [-0.39, 0.29) is 5.91 Å². The zero-order chi connectivity index (χ0) is 13.5. The minimum absolute atomic E-state index is 0.101. The van der Waals surface area contributed by atoms with Crippen molar-refractivity contribution in [1.82, 2.24) is 5.32 Å². The number of benzene rings is 1. The fourth-order valence-corrected chi connectivity index (χ4v) is 1.93. The molecule has 0 aliphatic rings. The minimum Gasteiger partial charge on any atom is -0.495 e. The van der Waals surface area contributed by atoms with Crippen molar-refractivity contribution in [2.75, 3.05) is 13.7 Å². The van der Waals surface area contributed by atoms with Crippen LogP contribution < -0.4 is 10.1 Å². The largest absolute Gasteiger partial charge is 0.495 e. The Morgan fingerprint density at radius 1 is 1.44 bits per heavy atom. The van der Waals surface area contributed by atoms with Gasteiger partial charge in [-0.2, -0.15) is 0 Å². The summed E-state index contributed by atoms with van der Waals surface area (Å²) in [5, 5.41) is 3.50. The third-order valence-electron chi connectivity index (χ3n) is 2.55. The number of carbonyl (C=O) groups excluding carboxylic acids is 1. The summed E-state index contributed by atoms with van der Waals surface area (Å²) in [6, 6.07) is 5.67. The standard InChI is InChI=1S/C14H20ClNO2/c1-10(2)8-14(17)16-7-6-11-4-5-13(18-3)12(15)9-11/h4-5,9-10H,6-8H2,1-3H3,(H,16,17). The summed E-state index contributed by atoms with van der Waals surface area (Å²) in [5.74, 6) is 1.16. The number of amides is 1. The summed E-state index contributed by atoms with van der Waals surface area (Å²) < 4.78 is 5.08. The molecule has 0 heterocycles. The van der Waals surface area contributed by atoms with Crippen LogP contribution in [0, 0.1) is 5.92 Å². The lowest BCUT2D eigenvalue weighted by Crippen LogP contribution is -2.26. The number of halogens is 1. The SMILES string of the molecule is COc1ccc(CCNC(=O)CC(C)C)cc1Cl. The molecule has 0 radical (unpaired) electrons. The number of ether oxygens (including phenoxy) is 1. The van der Waals surface area contributed by atoms with E-state index in [2.05, 4.69) is 5.32 Å². The lowest BCUT2D eigenvalue weighted by Gasteiger charge is -2.08. The molecule has 1 amide bonds. The van der Waals surface area contributed by atoms with Crippen LogP contribution in [0.1, 0.15) is 25.8 Å². The Bertz CT molecular complexity index is 405. The Hall–Kier alpha value is -1.22. The first-order valence-electron chi connectivity index (χ1n) is 6.12. The van der Waals surface area contributed by atoms with E-state index in [0.29, 0.717) is 29.7 Å². The second kappa shape index (κ2) is 7.27. The molecule has 1 aromatic carbocycles. The first-order chi connectivity index (χ1) is 8.52. The molecule has 0 spiro atoms. The fourth-order valence-electron chi connectivity index (χ4n) is 1.65. The van der Waals surface area contributed by atoms with E-state index >= 15 is 0 Å². The Balaban J connectivity index is 2.40. The predicted octanol–water partition coefficient (Wildman–Crippen LogP) is 3.05. The molecule has 4 heteroatoms. The highest BCUT2D eigenvalue weighted by Gasteiger charge is 2.05. The van der Waals surface area contributed by atoms with Crippen LogP contribution in [-0.4, -0.2) is 19.6 Å². The number of nitrogens with one attached hydrogen (secondary N) is 1. The first-order valence-corrected chi connectivity index (χ1v) is 6.50. The van der Waals surface area contributed by atoms with Crippen LogP contribution in [0.3, 0.4) is 0 Å². The highest BCUT2D eigenvalue weighted by atomic mass is 35.5. The lowest BCUT2D eigenvalue weighted by atomic mass is 10.1. The highest BCUT2D eigenvalue weighted by molar-refractivity contribution is 6.32. The van der Waals surface area contributed by atoms with Crippen molar-refractivity contribution in [3.8, 4) is 5.75 Å². The number of hydrogen-bond donors (Lipinski definition) is 1. The van der Waals surface area contributed by atoms with Crippen LogP contribution >= 0.6 is 11.6 Å². The molecule has 0 aliphatic heterocycles. The summed E-state index contributed by atoms with van der Waals surface area (Å²) in [5.41, 5.74) is 1.09. The maximum Gasteiger partial charge on any atom is 0.220 e. The van der Waals surface area contributed by atoms with Gasteiger partial charge in [0.1, 0.15) is 5.75 Å². The molecule has 100 valence electrons. The van der Waals surface area contributed by atoms with Crippen molar-refractivity contribution in [2.45, 2.75) is 26.7 Å². The van der Waals surface area contributed by atoms with Gasteiger partial charge in [-0.15, -0.1) is 0 Å². The van der Waals surface area contributed by atoms with E-state index in [1.54, 1.807) is 7.11 Å². The Morgan fingerprint density at radius 3 is 2.72 bits per heavy atom. The van der Waals surface area contributed by atoms with Crippen LogP contribution in [-0.2, 0) is 11.2 Å². The molecule has 1 aromatic rings. The quantitative estimate of drug-likeness (QED) is 0.862. The molecule has 0 unspecified atom stereocenters. The summed E-state index contributed by atoms with van der Waals surface area (Å²) >= 11 is 6.03. The Kier molecular flexibility index (Phi) is 5.99. The van der Waals surface area contributed by atoms with Crippen molar-refractivity contribution in [3.63, 3.8) is 0 Å². The normalized spacial score (nSPS) is 10.5. The van der Waals surface area contributed by atoms with Gasteiger partial charge >= 0.3 is 0 Å². The monoisotopic (exact) mass is 269 g/mol. The topological polar surface area (TPSA) is 38.3 Å². The zero-order valence-corrected chi connectivity index (χ0v) is 11.9. The van der Waals surface area contributed by atoms with Gasteiger partial charge in [-0.3, -0.25) is 4.79 Å². The summed E-state index contributed by atoms with van der Waals surface area (Å²) in [7, 11) is 1.59. The molecule has 0 aliphatic carbocycles. The van der Waals surface area contributed by atoms with E-state index in [1.165, 1.54) is 0 Å². The number of hydrogen-bond acceptors (Lipinski definition) is 2. The van der Waals surface area contributed by atoms with Gasteiger partial charge in [0, 0.05) is 13.0 Å². The van der Waals surface area contributed by atoms with Crippen LogP contribution in [0.4, 0.5) is 0 Å². The zero-order valence-electron chi connectivity index (χ0n) is 11.1. The minimum atomic E-state index is 0.101. The molecule has 0 aromatic heterocycles. The van der Waals surface area contributed by atoms with Crippen LogP contribution in [0.15, 0.2) is 18.2 Å². The Labute approximate surface area is 113 Å². The van der Waals surface area contributed by atoms with Crippen LogP contribution in [0.25, 0.3) is 0 Å². The van der Waals surface area contributed by atoms with Gasteiger partial charge in [0.2, 0.25) is 5.91 Å². The fraction of sp³-hybridized carbons (Fsp3) is 0.500. The van der Waals surface area contributed by atoms with Crippen molar-refractivity contribution in [2.24, 2.45) is 5.92 Å². The van der Waals surface area contributed by atoms with E-state index in [9.17, 15) is 4.79 Å². The molecule has 1 rings (SSSR count). The van der Waals surface area contributed by atoms with Crippen molar-refractivity contribution < 1.29 is 9.53 Å². The van der Waals surface area contributed by atoms with E-state index in [4.69, 9.17) is 16.3 Å². The third-order valence-corrected chi connectivity index (χ3v) is 2.84. The van der Waals surface area contributed by atoms with Crippen LogP contribution in [0.5, 0.6) is 5.75 Å². The number of carbonyl (C=O) groups is 1. The molecule has 1 N–H and O–H groups in total. The van der Waals surface area contributed by atoms with Gasteiger partial charge in [0.05, 0.1) is 12.1 Å². The lowest BCUT2D eigenvalue weighted by molar-refractivity contribution is -0.121. The number of methoxy groups -OCH3 is 1. The highest BCUT2D eigenvalue weighted by Crippen LogP contribution is 2.24. The first kappa shape index (κ1) is 14.8. The van der Waals surface area contributed by atoms with Gasteiger partial charge < -0.3 is 10.1 Å². The van der Waals surface area contributed by atoms with Gasteiger partial charge in [-0.05, 0) is 30.0 Å². The molecular formula is C14H20ClNO2. The Morgan fingerprint density at radius 2 is 2.17 bits per heavy atom. The van der Waals surface area contributed by atoms with E-state index in [0.717, 1.165) is 12.0 Å². The van der Waals surface area contributed by atoms with Crippen molar-refractivity contribution in [3.05, 3.63) is 28.8 Å². The predicted molar refractivity (Wildman–Crippen MR) is 74.2 cm³/mol. The van der Waals surface area contributed by atoms with Gasteiger partial charge in [-0.25, -0.2) is 0 Å². The smallest absolute Gasteiger partial charge is 0.220 e. The molecular weight excluding hydrogens is 250 g/mol. The molecule has 0 fully saturated rings. The average Bonchev–Trinajstić information content (AvgIpc) is 2.28. The summed E-state index contributed by atoms with van der Waals surface area (Å²) in [4.78, 5) is 11.5. The third kappa shape index (κ3) is 4.96. The molecule has 0 saturated carbocycles. The summed E-state index contributed by atoms with van der Waals surface area (Å²) in [6.45, 7) is 4.69. The molecule has 0 atom stereocenters. The molecule has 18 heavy (non-hydrogen) atoms. The number of rotatable bonds is 6. The second-order valence-electron chi connectivity index (χ2n) is 4.67. The van der Waals surface area contributed by atoms with Gasteiger partial charge in [0.15, 0.2) is 0 Å². The molecule has 0 bridgehead atoms. The van der Waals surface area contributed by atoms with Gasteiger partial charge in [-0.1, -0.05) is 31.5 Å². The van der Waals surface area contributed by atoms with Crippen molar-refractivity contribution >= 4 is 17.5 Å². The van der Waals surface area contributed by atoms with E-state index < -0.39 is 0 Å². The maximum absolute atomic E-state index is 11.5. The van der Waals surface area contributed by atoms with Gasteiger partial charge in [0.25, 0.3) is 0 Å².